The number of aromatic amines is 1. The zero-order valence-corrected chi connectivity index (χ0v) is 11.8. The molecule has 2 heterocycles. The number of anilines is 1. The SMILES string of the molecule is c1ccc2[nH]c(N3CCOC4(CCCCC4)C3)nc2c1. The summed E-state index contributed by atoms with van der Waals surface area (Å²) in [5.74, 6) is 0.999. The molecule has 1 aromatic carbocycles. The van der Waals surface area contributed by atoms with Crippen LogP contribution in [0.4, 0.5) is 5.95 Å². The summed E-state index contributed by atoms with van der Waals surface area (Å²) >= 11 is 0. The van der Waals surface area contributed by atoms with E-state index in [9.17, 15) is 0 Å². The fourth-order valence-electron chi connectivity index (χ4n) is 3.61. The molecule has 4 rings (SSSR count). The summed E-state index contributed by atoms with van der Waals surface area (Å²) in [5, 5.41) is 0. The number of nitrogens with one attached hydrogen (secondary N) is 1. The van der Waals surface area contributed by atoms with E-state index >= 15 is 0 Å². The molecule has 1 aliphatic carbocycles. The maximum Gasteiger partial charge on any atom is 0.204 e. The third-order valence-electron chi connectivity index (χ3n) is 4.69. The molecule has 1 aliphatic heterocycles. The van der Waals surface area contributed by atoms with Crippen LogP contribution in [0.1, 0.15) is 32.1 Å². The molecule has 1 saturated heterocycles. The first kappa shape index (κ1) is 12.2. The van der Waals surface area contributed by atoms with Crippen LogP contribution in [0.5, 0.6) is 0 Å². The first-order valence-corrected chi connectivity index (χ1v) is 7.68. The maximum atomic E-state index is 6.15. The Labute approximate surface area is 119 Å². The van der Waals surface area contributed by atoms with Crippen molar-refractivity contribution in [1.82, 2.24) is 9.97 Å². The molecular formula is C16H21N3O. The minimum Gasteiger partial charge on any atom is -0.371 e. The molecule has 20 heavy (non-hydrogen) atoms. The third kappa shape index (κ3) is 2.08. The first-order valence-electron chi connectivity index (χ1n) is 7.68. The average molecular weight is 271 g/mol. The van der Waals surface area contributed by atoms with Crippen molar-refractivity contribution >= 4 is 17.0 Å². The van der Waals surface area contributed by atoms with Gasteiger partial charge in [-0.15, -0.1) is 0 Å². The highest BCUT2D eigenvalue weighted by molar-refractivity contribution is 5.77. The van der Waals surface area contributed by atoms with E-state index in [-0.39, 0.29) is 5.60 Å². The molecule has 0 atom stereocenters. The number of hydrogen-bond donors (Lipinski definition) is 1. The monoisotopic (exact) mass is 271 g/mol. The zero-order chi connectivity index (χ0) is 13.4. The number of benzene rings is 1. The Morgan fingerprint density at radius 3 is 2.85 bits per heavy atom. The van der Waals surface area contributed by atoms with E-state index in [1.54, 1.807) is 0 Å². The predicted molar refractivity (Wildman–Crippen MR) is 80.1 cm³/mol. The van der Waals surface area contributed by atoms with Gasteiger partial charge >= 0.3 is 0 Å². The van der Waals surface area contributed by atoms with E-state index in [1.807, 2.05) is 12.1 Å². The lowest BCUT2D eigenvalue weighted by Crippen LogP contribution is -2.53. The number of para-hydroxylation sites is 2. The summed E-state index contributed by atoms with van der Waals surface area (Å²) in [5.41, 5.74) is 2.24. The summed E-state index contributed by atoms with van der Waals surface area (Å²) in [4.78, 5) is 10.5. The van der Waals surface area contributed by atoms with Gasteiger partial charge in [-0.25, -0.2) is 4.98 Å². The second-order valence-electron chi connectivity index (χ2n) is 6.09. The minimum absolute atomic E-state index is 0.0788. The average Bonchev–Trinajstić information content (AvgIpc) is 2.92. The fourth-order valence-corrected chi connectivity index (χ4v) is 3.61. The minimum atomic E-state index is 0.0788. The number of nitrogens with zero attached hydrogens (tertiary/aromatic N) is 2. The van der Waals surface area contributed by atoms with Crippen LogP contribution in [0.15, 0.2) is 24.3 Å². The second kappa shape index (κ2) is 4.77. The molecule has 0 bridgehead atoms. The fraction of sp³-hybridized carbons (Fsp3) is 0.562. The lowest BCUT2D eigenvalue weighted by molar-refractivity contribution is -0.0785. The summed E-state index contributed by atoms with van der Waals surface area (Å²) in [6.07, 6.45) is 6.35. The second-order valence-corrected chi connectivity index (χ2v) is 6.09. The van der Waals surface area contributed by atoms with Crippen LogP contribution < -0.4 is 4.90 Å². The van der Waals surface area contributed by atoms with Crippen LogP contribution in [0.25, 0.3) is 11.0 Å². The summed E-state index contributed by atoms with van der Waals surface area (Å²) in [6.45, 7) is 2.73. The molecular weight excluding hydrogens is 250 g/mol. The summed E-state index contributed by atoms with van der Waals surface area (Å²) in [7, 11) is 0. The number of H-pyrrole nitrogens is 1. The van der Waals surface area contributed by atoms with Crippen LogP contribution in [0, 0.1) is 0 Å². The normalized spacial score (nSPS) is 22.5. The van der Waals surface area contributed by atoms with Gasteiger partial charge in [-0.2, -0.15) is 0 Å². The first-order chi connectivity index (χ1) is 9.85. The van der Waals surface area contributed by atoms with Gasteiger partial charge in [0, 0.05) is 13.1 Å². The number of morpholine rings is 1. The maximum absolute atomic E-state index is 6.15. The Hall–Kier alpha value is -1.55. The molecule has 1 saturated carbocycles. The molecule has 2 aliphatic rings. The van der Waals surface area contributed by atoms with Gasteiger partial charge in [0.2, 0.25) is 5.95 Å². The van der Waals surface area contributed by atoms with Crippen LogP contribution >= 0.6 is 0 Å². The van der Waals surface area contributed by atoms with Crippen LogP contribution in [-0.2, 0) is 4.74 Å². The van der Waals surface area contributed by atoms with Crippen molar-refractivity contribution in [3.05, 3.63) is 24.3 Å². The Balaban J connectivity index is 1.61. The highest BCUT2D eigenvalue weighted by Crippen LogP contribution is 2.35. The number of ether oxygens (including phenoxy) is 1. The van der Waals surface area contributed by atoms with E-state index in [0.29, 0.717) is 0 Å². The molecule has 4 heteroatoms. The number of rotatable bonds is 1. The molecule has 2 aromatic rings. The van der Waals surface area contributed by atoms with E-state index in [0.717, 1.165) is 36.7 Å². The van der Waals surface area contributed by atoms with Crippen molar-refractivity contribution in [2.75, 3.05) is 24.6 Å². The molecule has 4 nitrogen and oxygen atoms in total. The van der Waals surface area contributed by atoms with Crippen LogP contribution in [0.3, 0.4) is 0 Å². The predicted octanol–water partition coefficient (Wildman–Crippen LogP) is 3.10. The lowest BCUT2D eigenvalue weighted by Gasteiger charge is -2.44. The van der Waals surface area contributed by atoms with Crippen molar-refractivity contribution in [3.63, 3.8) is 0 Å². The molecule has 0 radical (unpaired) electrons. The van der Waals surface area contributed by atoms with E-state index < -0.39 is 0 Å². The highest BCUT2D eigenvalue weighted by Gasteiger charge is 2.38. The van der Waals surface area contributed by atoms with Crippen molar-refractivity contribution in [2.45, 2.75) is 37.7 Å². The zero-order valence-electron chi connectivity index (χ0n) is 11.8. The molecule has 0 unspecified atom stereocenters. The third-order valence-corrected chi connectivity index (χ3v) is 4.69. The van der Waals surface area contributed by atoms with Crippen LogP contribution in [0.2, 0.25) is 0 Å². The van der Waals surface area contributed by atoms with Crippen molar-refractivity contribution in [3.8, 4) is 0 Å². The van der Waals surface area contributed by atoms with Gasteiger partial charge in [0.25, 0.3) is 0 Å². The van der Waals surface area contributed by atoms with Gasteiger partial charge in [-0.3, -0.25) is 0 Å². The molecule has 2 fully saturated rings. The Kier molecular flexibility index (Phi) is 2.91. The van der Waals surface area contributed by atoms with Gasteiger partial charge < -0.3 is 14.6 Å². The van der Waals surface area contributed by atoms with Gasteiger partial charge in [0.15, 0.2) is 0 Å². The Morgan fingerprint density at radius 2 is 2.00 bits per heavy atom. The number of imidazole rings is 1. The van der Waals surface area contributed by atoms with Gasteiger partial charge in [0.1, 0.15) is 0 Å². The van der Waals surface area contributed by atoms with E-state index in [4.69, 9.17) is 9.72 Å². The Morgan fingerprint density at radius 1 is 1.15 bits per heavy atom. The van der Waals surface area contributed by atoms with Gasteiger partial charge in [0.05, 0.1) is 23.2 Å². The summed E-state index contributed by atoms with van der Waals surface area (Å²) in [6, 6.07) is 8.23. The lowest BCUT2D eigenvalue weighted by atomic mass is 9.83. The number of fused-ring (bicyclic) bond motifs is 1. The van der Waals surface area contributed by atoms with E-state index in [2.05, 4.69) is 22.0 Å². The molecule has 106 valence electrons. The van der Waals surface area contributed by atoms with Crippen molar-refractivity contribution in [1.29, 1.82) is 0 Å². The van der Waals surface area contributed by atoms with Crippen molar-refractivity contribution < 1.29 is 4.74 Å². The molecule has 1 N–H and O–H groups in total. The number of aromatic nitrogens is 2. The van der Waals surface area contributed by atoms with Gasteiger partial charge in [-0.05, 0) is 25.0 Å². The molecule has 1 spiro atoms. The Bertz CT molecular complexity index is 562. The number of hydrogen-bond acceptors (Lipinski definition) is 3. The van der Waals surface area contributed by atoms with Crippen molar-refractivity contribution in [2.24, 2.45) is 0 Å². The standard InChI is InChI=1S/C16H21N3O/c1-4-8-16(9-5-1)12-19(10-11-20-16)15-17-13-6-2-3-7-14(13)18-15/h2-3,6-7H,1,4-5,8-12H2,(H,17,18). The topological polar surface area (TPSA) is 41.2 Å². The molecule has 1 aromatic heterocycles. The highest BCUT2D eigenvalue weighted by atomic mass is 16.5. The van der Waals surface area contributed by atoms with E-state index in [1.165, 1.54) is 32.1 Å². The van der Waals surface area contributed by atoms with Gasteiger partial charge in [-0.1, -0.05) is 31.4 Å². The van der Waals surface area contributed by atoms with Crippen LogP contribution in [-0.4, -0.2) is 35.3 Å². The quantitative estimate of drug-likeness (QED) is 0.866. The smallest absolute Gasteiger partial charge is 0.204 e. The summed E-state index contributed by atoms with van der Waals surface area (Å²) < 4.78 is 6.15. The molecule has 0 amide bonds. The largest absolute Gasteiger partial charge is 0.371 e.